The molecule has 0 spiro atoms. The fraction of sp³-hybridized carbons (Fsp3) is 0.667. The number of nitrogens with one attached hydrogen (secondary N) is 1. The van der Waals surface area contributed by atoms with E-state index in [0.29, 0.717) is 5.92 Å². The van der Waals surface area contributed by atoms with E-state index in [0.717, 1.165) is 48.6 Å². The van der Waals surface area contributed by atoms with Gasteiger partial charge in [-0.1, -0.05) is 6.42 Å². The van der Waals surface area contributed by atoms with E-state index in [2.05, 4.69) is 20.9 Å². The highest BCUT2D eigenvalue weighted by atomic mass is 16.6. The van der Waals surface area contributed by atoms with E-state index >= 15 is 0 Å². The lowest BCUT2D eigenvalue weighted by atomic mass is 9.85. The van der Waals surface area contributed by atoms with Gasteiger partial charge in [0.25, 0.3) is 0 Å². The predicted molar refractivity (Wildman–Crippen MR) is 108 cm³/mol. The van der Waals surface area contributed by atoms with Crippen molar-refractivity contribution in [1.82, 2.24) is 19.9 Å². The minimum atomic E-state index is -0.460. The number of hydrogen-bond donors (Lipinski definition) is 1. The van der Waals surface area contributed by atoms with Crippen LogP contribution in [0.2, 0.25) is 0 Å². The number of hydrogen-bond acceptors (Lipinski definition) is 5. The van der Waals surface area contributed by atoms with Crippen molar-refractivity contribution >= 4 is 22.9 Å². The molecule has 4 heterocycles. The van der Waals surface area contributed by atoms with E-state index in [9.17, 15) is 4.79 Å². The quantitative estimate of drug-likeness (QED) is 0.853. The summed E-state index contributed by atoms with van der Waals surface area (Å²) in [7, 11) is 0. The summed E-state index contributed by atoms with van der Waals surface area (Å²) in [4.78, 5) is 29.9. The summed E-state index contributed by atoms with van der Waals surface area (Å²) in [6.07, 6.45) is 7.47. The summed E-state index contributed by atoms with van der Waals surface area (Å²) < 4.78 is 5.66. The minimum Gasteiger partial charge on any atom is -0.444 e. The van der Waals surface area contributed by atoms with E-state index in [4.69, 9.17) is 9.72 Å². The largest absolute Gasteiger partial charge is 0.444 e. The van der Waals surface area contributed by atoms with Crippen LogP contribution in [0, 0.1) is 0 Å². The Bertz CT molecular complexity index is 884. The summed E-state index contributed by atoms with van der Waals surface area (Å²) in [5, 5.41) is 0. The average Bonchev–Trinajstić information content (AvgIpc) is 3.09. The molecular weight excluding hydrogens is 354 g/mol. The molecule has 2 aromatic heterocycles. The van der Waals surface area contributed by atoms with Crippen LogP contribution in [-0.2, 0) is 4.74 Å². The monoisotopic (exact) mass is 383 g/mol. The molecule has 2 saturated heterocycles. The number of imidazole rings is 1. The number of amides is 1. The van der Waals surface area contributed by atoms with Gasteiger partial charge in [0, 0.05) is 25.2 Å². The molecule has 2 unspecified atom stereocenters. The lowest BCUT2D eigenvalue weighted by molar-refractivity contribution is 0.0123. The van der Waals surface area contributed by atoms with E-state index in [1.54, 1.807) is 0 Å². The molecule has 1 amide bonds. The molecule has 1 N–H and O–H groups in total. The first-order valence-corrected chi connectivity index (χ1v) is 10.5. The molecule has 0 aromatic carbocycles. The summed E-state index contributed by atoms with van der Waals surface area (Å²) >= 11 is 0. The zero-order valence-corrected chi connectivity index (χ0v) is 16.9. The number of H-pyrrole nitrogens is 1. The summed E-state index contributed by atoms with van der Waals surface area (Å²) in [6.45, 7) is 7.43. The molecule has 1 saturated carbocycles. The van der Waals surface area contributed by atoms with Crippen LogP contribution in [0.3, 0.4) is 0 Å². The van der Waals surface area contributed by atoms with Gasteiger partial charge in [-0.05, 0) is 52.5 Å². The number of nitrogens with zero attached hydrogens (tertiary/aromatic N) is 4. The number of carbonyl (C=O) groups excluding carboxylic acids is 1. The van der Waals surface area contributed by atoms with Crippen LogP contribution >= 0.6 is 0 Å². The van der Waals surface area contributed by atoms with E-state index in [1.165, 1.54) is 19.3 Å². The number of pyridine rings is 1. The molecule has 2 bridgehead atoms. The lowest BCUT2D eigenvalue weighted by Gasteiger charge is -2.42. The molecule has 150 valence electrons. The predicted octanol–water partition coefficient (Wildman–Crippen LogP) is 3.81. The second kappa shape index (κ2) is 6.36. The van der Waals surface area contributed by atoms with Crippen LogP contribution in [0.1, 0.15) is 64.6 Å². The van der Waals surface area contributed by atoms with Crippen LogP contribution in [0.15, 0.2) is 12.3 Å². The summed E-state index contributed by atoms with van der Waals surface area (Å²) in [5.74, 6) is 1.64. The zero-order chi connectivity index (χ0) is 19.5. The highest BCUT2D eigenvalue weighted by Gasteiger charge is 2.44. The van der Waals surface area contributed by atoms with E-state index in [-0.39, 0.29) is 18.2 Å². The molecule has 0 radical (unpaired) electrons. The SMILES string of the molecule is CC(C)(C)OC(=O)N1C2CCC1CN(c1ccnc3nc(C4CCC4)[nH]c13)C2. The number of rotatable bonds is 2. The summed E-state index contributed by atoms with van der Waals surface area (Å²) in [6, 6.07) is 2.48. The van der Waals surface area contributed by atoms with Gasteiger partial charge < -0.3 is 14.6 Å². The first-order chi connectivity index (χ1) is 13.4. The van der Waals surface area contributed by atoms with Crippen LogP contribution in [-0.4, -0.2) is 56.7 Å². The van der Waals surface area contributed by atoms with Crippen LogP contribution in [0.5, 0.6) is 0 Å². The smallest absolute Gasteiger partial charge is 0.410 e. The van der Waals surface area contributed by atoms with Crippen molar-refractivity contribution in [2.24, 2.45) is 0 Å². The Kier molecular flexibility index (Phi) is 4.03. The number of piperazine rings is 1. The molecule has 5 rings (SSSR count). The van der Waals surface area contributed by atoms with Crippen molar-refractivity contribution in [3.8, 4) is 0 Å². The van der Waals surface area contributed by atoms with Crippen LogP contribution in [0.4, 0.5) is 10.5 Å². The normalized spacial score (nSPS) is 25.2. The molecule has 7 nitrogen and oxygen atoms in total. The standard InChI is InChI=1S/C21H29N5O2/c1-21(2,3)28-20(27)26-14-7-8-15(26)12-25(11-14)16-9-10-22-19-17(16)23-18(24-19)13-5-4-6-13/h9-10,13-15H,4-8,11-12H2,1-3H3,(H,22,23,24). The van der Waals surface area contributed by atoms with Crippen molar-refractivity contribution in [3.63, 3.8) is 0 Å². The Morgan fingerprint density at radius 2 is 1.89 bits per heavy atom. The maximum Gasteiger partial charge on any atom is 0.410 e. The third kappa shape index (κ3) is 3.01. The van der Waals surface area contributed by atoms with Gasteiger partial charge in [0.1, 0.15) is 16.9 Å². The van der Waals surface area contributed by atoms with E-state index in [1.807, 2.05) is 31.9 Å². The third-order valence-corrected chi connectivity index (χ3v) is 6.31. The molecule has 2 aliphatic heterocycles. The third-order valence-electron chi connectivity index (χ3n) is 6.31. The molecule has 3 aliphatic rings. The van der Waals surface area contributed by atoms with Crippen molar-refractivity contribution < 1.29 is 9.53 Å². The average molecular weight is 383 g/mol. The molecular formula is C21H29N5O2. The van der Waals surface area contributed by atoms with Gasteiger partial charge in [-0.2, -0.15) is 0 Å². The molecule has 2 aromatic rings. The lowest BCUT2D eigenvalue weighted by Crippen LogP contribution is -2.56. The van der Waals surface area contributed by atoms with E-state index < -0.39 is 5.60 Å². The van der Waals surface area contributed by atoms with Gasteiger partial charge in [-0.15, -0.1) is 0 Å². The number of fused-ring (bicyclic) bond motifs is 3. The van der Waals surface area contributed by atoms with Gasteiger partial charge in [0.15, 0.2) is 5.65 Å². The molecule has 3 fully saturated rings. The highest BCUT2D eigenvalue weighted by molar-refractivity contribution is 5.86. The van der Waals surface area contributed by atoms with Gasteiger partial charge in [0.2, 0.25) is 0 Å². The molecule has 28 heavy (non-hydrogen) atoms. The van der Waals surface area contributed by atoms with Crippen LogP contribution in [0.25, 0.3) is 11.2 Å². The van der Waals surface area contributed by atoms with Gasteiger partial charge in [-0.3, -0.25) is 4.90 Å². The number of ether oxygens (including phenoxy) is 1. The van der Waals surface area contributed by atoms with Crippen molar-refractivity contribution in [2.75, 3.05) is 18.0 Å². The molecule has 2 atom stereocenters. The maximum atomic E-state index is 12.7. The Morgan fingerprint density at radius 1 is 1.18 bits per heavy atom. The second-order valence-corrected chi connectivity index (χ2v) is 9.46. The Balaban J connectivity index is 1.39. The van der Waals surface area contributed by atoms with Crippen molar-refractivity contribution in [1.29, 1.82) is 0 Å². The zero-order valence-electron chi connectivity index (χ0n) is 16.9. The number of aromatic nitrogens is 3. The van der Waals surface area contributed by atoms with Crippen LogP contribution < -0.4 is 4.90 Å². The second-order valence-electron chi connectivity index (χ2n) is 9.46. The topological polar surface area (TPSA) is 74.3 Å². The molecule has 7 heteroatoms. The van der Waals surface area contributed by atoms with Crippen molar-refractivity contribution in [2.45, 2.75) is 76.5 Å². The van der Waals surface area contributed by atoms with Gasteiger partial charge >= 0.3 is 6.09 Å². The number of anilines is 1. The van der Waals surface area contributed by atoms with Gasteiger partial charge in [0.05, 0.1) is 17.8 Å². The number of aromatic amines is 1. The first-order valence-electron chi connectivity index (χ1n) is 10.5. The Labute approximate surface area is 165 Å². The number of carbonyl (C=O) groups is 1. The summed E-state index contributed by atoms with van der Waals surface area (Å²) in [5.41, 5.74) is 2.54. The highest BCUT2D eigenvalue weighted by Crippen LogP contribution is 2.38. The Morgan fingerprint density at radius 3 is 2.50 bits per heavy atom. The maximum absolute atomic E-state index is 12.7. The first kappa shape index (κ1) is 17.8. The fourth-order valence-electron chi connectivity index (χ4n) is 4.77. The molecule has 1 aliphatic carbocycles. The fourth-order valence-corrected chi connectivity index (χ4v) is 4.77. The van der Waals surface area contributed by atoms with Gasteiger partial charge in [-0.25, -0.2) is 14.8 Å². The minimum absolute atomic E-state index is 0.173. The Hall–Kier alpha value is -2.31. The van der Waals surface area contributed by atoms with Crippen molar-refractivity contribution in [3.05, 3.63) is 18.1 Å².